The van der Waals surface area contributed by atoms with Crippen molar-refractivity contribution in [3.05, 3.63) is 53.0 Å². The summed E-state index contributed by atoms with van der Waals surface area (Å²) in [7, 11) is 0. The average Bonchev–Trinajstić information content (AvgIpc) is 3.56. The van der Waals surface area contributed by atoms with Crippen LogP contribution in [0.4, 0.5) is 5.82 Å². The zero-order valence-electron chi connectivity index (χ0n) is 15.6. The molecule has 7 nitrogen and oxygen atoms in total. The number of carbonyl (C=O) groups excluding carboxylic acids is 1. The van der Waals surface area contributed by atoms with Gasteiger partial charge in [0.15, 0.2) is 0 Å². The first-order valence-corrected chi connectivity index (χ1v) is 9.96. The van der Waals surface area contributed by atoms with Crippen molar-refractivity contribution in [2.75, 3.05) is 24.5 Å². The number of anilines is 1. The van der Waals surface area contributed by atoms with E-state index in [1.54, 1.807) is 0 Å². The molecule has 0 radical (unpaired) electrons. The van der Waals surface area contributed by atoms with Crippen LogP contribution in [0.1, 0.15) is 52.6 Å². The molecular formula is C21H24N4O3. The van der Waals surface area contributed by atoms with E-state index in [0.29, 0.717) is 37.5 Å². The zero-order valence-corrected chi connectivity index (χ0v) is 15.6. The van der Waals surface area contributed by atoms with Crippen LogP contribution in [-0.2, 0) is 12.0 Å². The number of nitrogens with one attached hydrogen (secondary N) is 1. The lowest BCUT2D eigenvalue weighted by molar-refractivity contribution is -0.0918. The molecule has 0 bridgehead atoms. The van der Waals surface area contributed by atoms with Gasteiger partial charge in [-0.15, -0.1) is 0 Å². The van der Waals surface area contributed by atoms with E-state index < -0.39 is 11.7 Å². The number of aromatic nitrogens is 2. The SMILES string of the molecule is O=C1NCCc2c1nc(C1CC1)nc2N1CC[C@](O)(c2ccccc2)[C@@H](O)C1. The molecule has 28 heavy (non-hydrogen) atoms. The number of piperidine rings is 1. The maximum atomic E-state index is 12.4. The van der Waals surface area contributed by atoms with Crippen LogP contribution >= 0.6 is 0 Å². The molecule has 2 atom stereocenters. The number of fused-ring (bicyclic) bond motifs is 1. The molecule has 1 amide bonds. The van der Waals surface area contributed by atoms with E-state index in [9.17, 15) is 15.0 Å². The summed E-state index contributed by atoms with van der Waals surface area (Å²) in [6.07, 6.45) is 2.22. The molecule has 2 fully saturated rings. The van der Waals surface area contributed by atoms with Gasteiger partial charge >= 0.3 is 0 Å². The van der Waals surface area contributed by atoms with Gasteiger partial charge in [-0.05, 0) is 24.8 Å². The lowest BCUT2D eigenvalue weighted by Gasteiger charge is -2.43. The summed E-state index contributed by atoms with van der Waals surface area (Å²) in [6.45, 7) is 1.38. The molecule has 3 aliphatic rings. The maximum Gasteiger partial charge on any atom is 0.270 e. The topological polar surface area (TPSA) is 98.6 Å². The summed E-state index contributed by atoms with van der Waals surface area (Å²) in [5, 5.41) is 24.8. The minimum Gasteiger partial charge on any atom is -0.388 e. The van der Waals surface area contributed by atoms with Crippen LogP contribution in [-0.4, -0.2) is 51.8 Å². The normalized spacial score (nSPS) is 27.3. The molecule has 1 aromatic heterocycles. The highest BCUT2D eigenvalue weighted by molar-refractivity contribution is 5.96. The Balaban J connectivity index is 1.48. The van der Waals surface area contributed by atoms with E-state index >= 15 is 0 Å². The number of carbonyl (C=O) groups is 1. The molecule has 1 aromatic carbocycles. The minimum absolute atomic E-state index is 0.148. The summed E-state index contributed by atoms with van der Waals surface area (Å²) < 4.78 is 0. The summed E-state index contributed by atoms with van der Waals surface area (Å²) in [4.78, 5) is 23.7. The lowest BCUT2D eigenvalue weighted by Crippen LogP contribution is -2.54. The molecule has 0 unspecified atom stereocenters. The predicted octanol–water partition coefficient (Wildman–Crippen LogP) is 1.10. The monoisotopic (exact) mass is 380 g/mol. The van der Waals surface area contributed by atoms with E-state index in [4.69, 9.17) is 4.98 Å². The second-order valence-electron chi connectivity index (χ2n) is 8.01. The van der Waals surface area contributed by atoms with Gasteiger partial charge in [-0.3, -0.25) is 4.79 Å². The standard InChI is InChI=1S/C21H24N4O3/c26-16-12-25(11-9-21(16,28)14-4-2-1-3-5-14)19-15-8-10-22-20(27)17(15)23-18(24-19)13-6-7-13/h1-5,13,16,26,28H,6-12H2,(H,22,27)/t16-,21-/m0/s1. The number of hydrogen-bond donors (Lipinski definition) is 3. The summed E-state index contributed by atoms with van der Waals surface area (Å²) in [5.74, 6) is 1.65. The molecule has 2 aliphatic heterocycles. The minimum atomic E-state index is -1.28. The van der Waals surface area contributed by atoms with Crippen molar-refractivity contribution in [1.29, 1.82) is 0 Å². The van der Waals surface area contributed by atoms with Crippen molar-refractivity contribution in [3.63, 3.8) is 0 Å². The van der Waals surface area contributed by atoms with Crippen LogP contribution in [0, 0.1) is 0 Å². The maximum absolute atomic E-state index is 12.4. The van der Waals surface area contributed by atoms with Gasteiger partial charge in [-0.2, -0.15) is 0 Å². The Morgan fingerprint density at radius 2 is 1.96 bits per heavy atom. The fourth-order valence-corrected chi connectivity index (χ4v) is 4.26. The second kappa shape index (κ2) is 6.53. The fourth-order valence-electron chi connectivity index (χ4n) is 4.26. The van der Waals surface area contributed by atoms with Crippen LogP contribution in [0.2, 0.25) is 0 Å². The van der Waals surface area contributed by atoms with Crippen molar-refractivity contribution in [1.82, 2.24) is 15.3 Å². The molecule has 1 saturated carbocycles. The molecule has 0 spiro atoms. The number of β-amino-alcohol motifs (C(OH)–C–C–N with tert-alkyl or cyclic N) is 1. The van der Waals surface area contributed by atoms with Gasteiger partial charge in [-0.1, -0.05) is 30.3 Å². The second-order valence-corrected chi connectivity index (χ2v) is 8.01. The van der Waals surface area contributed by atoms with Crippen molar-refractivity contribution in [2.45, 2.75) is 43.3 Å². The van der Waals surface area contributed by atoms with Gasteiger partial charge in [0, 0.05) is 37.5 Å². The Morgan fingerprint density at radius 1 is 1.18 bits per heavy atom. The van der Waals surface area contributed by atoms with Crippen LogP contribution in [0.25, 0.3) is 0 Å². The van der Waals surface area contributed by atoms with E-state index in [1.807, 2.05) is 35.2 Å². The van der Waals surface area contributed by atoms with E-state index in [1.165, 1.54) is 0 Å². The van der Waals surface area contributed by atoms with Gasteiger partial charge < -0.3 is 20.4 Å². The Kier molecular flexibility index (Phi) is 4.10. The average molecular weight is 380 g/mol. The molecule has 3 N–H and O–H groups in total. The van der Waals surface area contributed by atoms with Gasteiger partial charge in [-0.25, -0.2) is 9.97 Å². The first-order valence-electron chi connectivity index (χ1n) is 9.96. The van der Waals surface area contributed by atoms with Gasteiger partial charge in [0.2, 0.25) is 0 Å². The first-order chi connectivity index (χ1) is 13.6. The number of rotatable bonds is 3. The highest BCUT2D eigenvalue weighted by Gasteiger charge is 2.43. The largest absolute Gasteiger partial charge is 0.388 e. The van der Waals surface area contributed by atoms with Crippen LogP contribution in [0.5, 0.6) is 0 Å². The number of aliphatic hydroxyl groups excluding tert-OH is 1. The third kappa shape index (κ3) is 2.86. The van der Waals surface area contributed by atoms with Crippen LogP contribution in [0.15, 0.2) is 30.3 Å². The Hall–Kier alpha value is -2.51. The quantitative estimate of drug-likeness (QED) is 0.738. The van der Waals surface area contributed by atoms with Crippen molar-refractivity contribution >= 4 is 11.7 Å². The molecule has 1 aliphatic carbocycles. The van der Waals surface area contributed by atoms with E-state index in [2.05, 4.69) is 10.3 Å². The third-order valence-corrected chi connectivity index (χ3v) is 6.10. The Morgan fingerprint density at radius 3 is 2.68 bits per heavy atom. The number of amides is 1. The van der Waals surface area contributed by atoms with Crippen molar-refractivity contribution in [3.8, 4) is 0 Å². The summed E-state index contributed by atoms with van der Waals surface area (Å²) in [6, 6.07) is 9.33. The van der Waals surface area contributed by atoms with Gasteiger partial charge in [0.25, 0.3) is 5.91 Å². The molecule has 3 heterocycles. The Labute approximate surface area is 163 Å². The van der Waals surface area contributed by atoms with Gasteiger partial charge in [0.05, 0.1) is 0 Å². The van der Waals surface area contributed by atoms with E-state index in [0.717, 1.165) is 35.6 Å². The first kappa shape index (κ1) is 17.6. The molecule has 5 rings (SSSR count). The molecule has 1 saturated heterocycles. The number of benzene rings is 1. The highest BCUT2D eigenvalue weighted by Crippen LogP contribution is 2.41. The zero-order chi connectivity index (χ0) is 19.3. The number of hydrogen-bond acceptors (Lipinski definition) is 6. The number of nitrogens with zero attached hydrogens (tertiary/aromatic N) is 3. The predicted molar refractivity (Wildman–Crippen MR) is 103 cm³/mol. The molecule has 146 valence electrons. The molecular weight excluding hydrogens is 356 g/mol. The Bertz CT molecular complexity index is 915. The van der Waals surface area contributed by atoms with E-state index in [-0.39, 0.29) is 12.5 Å². The van der Waals surface area contributed by atoms with Crippen molar-refractivity contribution in [2.24, 2.45) is 0 Å². The summed E-state index contributed by atoms with van der Waals surface area (Å²) in [5.41, 5.74) is 0.772. The summed E-state index contributed by atoms with van der Waals surface area (Å²) >= 11 is 0. The molecule has 2 aromatic rings. The van der Waals surface area contributed by atoms with Crippen LogP contribution < -0.4 is 10.2 Å². The fraction of sp³-hybridized carbons (Fsp3) is 0.476. The highest BCUT2D eigenvalue weighted by atomic mass is 16.3. The lowest BCUT2D eigenvalue weighted by atomic mass is 9.82. The molecule has 7 heteroatoms. The van der Waals surface area contributed by atoms with Gasteiger partial charge in [0.1, 0.15) is 29.0 Å². The van der Waals surface area contributed by atoms with Crippen molar-refractivity contribution < 1.29 is 15.0 Å². The third-order valence-electron chi connectivity index (χ3n) is 6.10. The smallest absolute Gasteiger partial charge is 0.270 e. The van der Waals surface area contributed by atoms with Crippen LogP contribution in [0.3, 0.4) is 0 Å². The number of aliphatic hydroxyl groups is 2.